The molecule has 0 aromatic heterocycles. The van der Waals surface area contributed by atoms with Crippen molar-refractivity contribution >= 4 is 16.0 Å². The van der Waals surface area contributed by atoms with E-state index in [-0.39, 0.29) is 6.42 Å². The number of nitrogens with one attached hydrogen (secondary N) is 1. The summed E-state index contributed by atoms with van der Waals surface area (Å²) in [6.45, 7) is 4.43. The van der Waals surface area contributed by atoms with Crippen molar-refractivity contribution in [1.29, 1.82) is 0 Å². The number of amides is 1. The third-order valence-electron chi connectivity index (χ3n) is 7.61. The molecular formula is C36H65NO6S. The minimum absolute atomic E-state index is 0.254. The number of carbonyl (C=O) groups is 1. The smallest absolute Gasteiger partial charge is 0.267 e. The number of unbranched alkanes of at least 4 members (excludes halogenated alkanes) is 16. The minimum Gasteiger partial charge on any atom is -0.387 e. The Bertz CT molecular complexity index is 896. The van der Waals surface area contributed by atoms with Crippen LogP contribution in [0.15, 0.2) is 48.6 Å². The standard InChI is InChI=1S/C36H65NO6S/c1-3-5-7-9-11-13-15-17-19-21-23-25-27-29-31-35(39)36(40)37-33(32-44(41,42)43)34(38)30-28-26-24-22-20-18-16-14-12-10-8-6-4-2/h11,13,15,17,20,22,28,30,33-35,38-39H,3-10,12,14,16,18-19,21,23-27,29,31-32H2,1-2H3,(H,37,40)(H,41,42,43)/b13-11-,17-15-,22-20+,30-28+. The quantitative estimate of drug-likeness (QED) is 0.0270. The number of rotatable bonds is 30. The summed E-state index contributed by atoms with van der Waals surface area (Å²) in [7, 11) is -4.45. The van der Waals surface area contributed by atoms with Crippen LogP contribution in [-0.4, -0.2) is 53.1 Å². The molecule has 8 heteroatoms. The molecule has 0 heterocycles. The Kier molecular flexibility index (Phi) is 28.8. The topological polar surface area (TPSA) is 124 Å². The molecule has 0 rings (SSSR count). The molecule has 7 nitrogen and oxygen atoms in total. The van der Waals surface area contributed by atoms with E-state index in [0.29, 0.717) is 12.8 Å². The van der Waals surface area contributed by atoms with Crippen LogP contribution in [0.5, 0.6) is 0 Å². The summed E-state index contributed by atoms with van der Waals surface area (Å²) < 4.78 is 32.3. The second-order valence-electron chi connectivity index (χ2n) is 12.0. The molecule has 0 aromatic rings. The Morgan fingerprint density at radius 2 is 1.09 bits per heavy atom. The van der Waals surface area contributed by atoms with Gasteiger partial charge in [-0.2, -0.15) is 8.42 Å². The summed E-state index contributed by atoms with van der Waals surface area (Å²) >= 11 is 0. The van der Waals surface area contributed by atoms with Crippen molar-refractivity contribution in [3.05, 3.63) is 48.6 Å². The number of aliphatic hydroxyl groups excluding tert-OH is 2. The van der Waals surface area contributed by atoms with Crippen LogP contribution in [0.4, 0.5) is 0 Å². The predicted octanol–water partition coefficient (Wildman–Crippen LogP) is 8.54. The highest BCUT2D eigenvalue weighted by Crippen LogP contribution is 2.11. The van der Waals surface area contributed by atoms with Gasteiger partial charge in [0, 0.05) is 0 Å². The number of aliphatic hydroxyl groups is 2. The van der Waals surface area contributed by atoms with Gasteiger partial charge in [-0.15, -0.1) is 0 Å². The predicted molar refractivity (Wildman–Crippen MR) is 185 cm³/mol. The number of hydrogen-bond donors (Lipinski definition) is 4. The molecular weight excluding hydrogens is 574 g/mol. The highest BCUT2D eigenvalue weighted by atomic mass is 32.2. The molecule has 0 spiro atoms. The molecule has 0 aromatic carbocycles. The molecule has 1 amide bonds. The Morgan fingerprint density at radius 1 is 0.636 bits per heavy atom. The summed E-state index contributed by atoms with van der Waals surface area (Å²) in [5, 5.41) is 23.2. The van der Waals surface area contributed by atoms with E-state index in [1.807, 2.05) is 0 Å². The normalized spacial score (nSPS) is 14.8. The third kappa shape index (κ3) is 29.0. The molecule has 0 aliphatic carbocycles. The van der Waals surface area contributed by atoms with E-state index in [1.54, 1.807) is 6.08 Å². The van der Waals surface area contributed by atoms with Crippen LogP contribution < -0.4 is 5.32 Å². The summed E-state index contributed by atoms with van der Waals surface area (Å²) in [5.74, 6) is -1.58. The van der Waals surface area contributed by atoms with E-state index < -0.39 is 40.0 Å². The molecule has 0 saturated carbocycles. The maximum atomic E-state index is 12.5. The minimum atomic E-state index is -4.45. The zero-order valence-corrected chi connectivity index (χ0v) is 28.7. The second kappa shape index (κ2) is 29.9. The molecule has 256 valence electrons. The monoisotopic (exact) mass is 639 g/mol. The summed E-state index contributed by atoms with van der Waals surface area (Å²) in [6, 6.07) is -1.25. The molecule has 44 heavy (non-hydrogen) atoms. The number of carbonyl (C=O) groups excluding carboxylic acids is 1. The van der Waals surface area contributed by atoms with Gasteiger partial charge in [0.25, 0.3) is 10.1 Å². The van der Waals surface area contributed by atoms with Crippen LogP contribution in [0.3, 0.4) is 0 Å². The fourth-order valence-corrected chi connectivity index (χ4v) is 5.61. The maximum absolute atomic E-state index is 12.5. The van der Waals surface area contributed by atoms with E-state index in [1.165, 1.54) is 70.3 Å². The lowest BCUT2D eigenvalue weighted by atomic mass is 10.1. The number of allylic oxidation sites excluding steroid dienone is 7. The summed E-state index contributed by atoms with van der Waals surface area (Å²) in [5.41, 5.74) is 0. The Balaban J connectivity index is 4.26. The lowest BCUT2D eigenvalue weighted by Crippen LogP contribution is -2.50. The van der Waals surface area contributed by atoms with Crippen LogP contribution in [0, 0.1) is 0 Å². The van der Waals surface area contributed by atoms with Gasteiger partial charge >= 0.3 is 0 Å². The van der Waals surface area contributed by atoms with E-state index in [0.717, 1.165) is 51.4 Å². The lowest BCUT2D eigenvalue weighted by Gasteiger charge is -2.22. The fraction of sp³-hybridized carbons (Fsp3) is 0.750. The largest absolute Gasteiger partial charge is 0.387 e. The molecule has 0 radical (unpaired) electrons. The van der Waals surface area contributed by atoms with Crippen molar-refractivity contribution in [3.63, 3.8) is 0 Å². The molecule has 3 unspecified atom stereocenters. The van der Waals surface area contributed by atoms with E-state index in [9.17, 15) is 28.0 Å². The van der Waals surface area contributed by atoms with E-state index >= 15 is 0 Å². The summed E-state index contributed by atoms with van der Waals surface area (Å²) in [6.07, 6.45) is 35.9. The van der Waals surface area contributed by atoms with Gasteiger partial charge in [-0.05, 0) is 57.8 Å². The van der Waals surface area contributed by atoms with Crippen molar-refractivity contribution in [2.24, 2.45) is 0 Å². The van der Waals surface area contributed by atoms with Crippen LogP contribution in [0.2, 0.25) is 0 Å². The first-order valence-electron chi connectivity index (χ1n) is 17.5. The first-order chi connectivity index (χ1) is 21.2. The van der Waals surface area contributed by atoms with Crippen molar-refractivity contribution in [1.82, 2.24) is 5.32 Å². The van der Waals surface area contributed by atoms with E-state index in [2.05, 4.69) is 55.6 Å². The van der Waals surface area contributed by atoms with Crippen molar-refractivity contribution in [2.75, 3.05) is 5.75 Å². The van der Waals surface area contributed by atoms with Gasteiger partial charge in [0.1, 0.15) is 6.10 Å². The molecule has 0 fully saturated rings. The van der Waals surface area contributed by atoms with Crippen molar-refractivity contribution in [2.45, 2.75) is 167 Å². The average Bonchev–Trinajstić information content (AvgIpc) is 2.98. The zero-order valence-electron chi connectivity index (χ0n) is 27.9. The van der Waals surface area contributed by atoms with Crippen LogP contribution in [-0.2, 0) is 14.9 Å². The van der Waals surface area contributed by atoms with Crippen molar-refractivity contribution in [3.8, 4) is 0 Å². The van der Waals surface area contributed by atoms with Crippen LogP contribution in [0.25, 0.3) is 0 Å². The van der Waals surface area contributed by atoms with Gasteiger partial charge in [0.05, 0.1) is 17.9 Å². The SMILES string of the molecule is CCCCC/C=C\C=C/CCCCCCCC(O)C(=O)NC(CS(=O)(=O)O)C(O)/C=C/CC/C=C/CCCCCCCCC. The lowest BCUT2D eigenvalue weighted by molar-refractivity contribution is -0.130. The maximum Gasteiger partial charge on any atom is 0.267 e. The summed E-state index contributed by atoms with van der Waals surface area (Å²) in [4.78, 5) is 12.5. The third-order valence-corrected chi connectivity index (χ3v) is 8.39. The zero-order chi connectivity index (χ0) is 32.7. The van der Waals surface area contributed by atoms with Gasteiger partial charge < -0.3 is 15.5 Å². The van der Waals surface area contributed by atoms with Crippen LogP contribution >= 0.6 is 0 Å². The van der Waals surface area contributed by atoms with Gasteiger partial charge in [0.2, 0.25) is 5.91 Å². The highest BCUT2D eigenvalue weighted by Gasteiger charge is 2.27. The van der Waals surface area contributed by atoms with Gasteiger partial charge in [-0.1, -0.05) is 140 Å². The van der Waals surface area contributed by atoms with Gasteiger partial charge in [0.15, 0.2) is 0 Å². The van der Waals surface area contributed by atoms with Gasteiger partial charge in [-0.3, -0.25) is 9.35 Å². The first kappa shape index (κ1) is 42.3. The molecule has 0 aliphatic heterocycles. The Hall–Kier alpha value is -1.74. The fourth-order valence-electron chi connectivity index (χ4n) is 4.87. The van der Waals surface area contributed by atoms with E-state index in [4.69, 9.17) is 0 Å². The first-order valence-corrected chi connectivity index (χ1v) is 19.1. The second-order valence-corrected chi connectivity index (χ2v) is 13.5. The van der Waals surface area contributed by atoms with Gasteiger partial charge in [-0.25, -0.2) is 0 Å². The molecule has 0 saturated heterocycles. The molecule has 0 bridgehead atoms. The highest BCUT2D eigenvalue weighted by molar-refractivity contribution is 7.85. The average molecular weight is 640 g/mol. The molecule has 0 aliphatic rings. The number of hydrogen-bond acceptors (Lipinski definition) is 5. The molecule has 3 atom stereocenters. The van der Waals surface area contributed by atoms with Crippen molar-refractivity contribution < 1.29 is 28.0 Å². The Morgan fingerprint density at radius 3 is 1.68 bits per heavy atom. The van der Waals surface area contributed by atoms with Crippen LogP contribution in [0.1, 0.15) is 149 Å². The Labute approximate surface area is 270 Å². The molecule has 4 N–H and O–H groups in total.